The van der Waals surface area contributed by atoms with Gasteiger partial charge in [-0.2, -0.15) is 0 Å². The summed E-state index contributed by atoms with van der Waals surface area (Å²) >= 11 is 0. The Balaban J connectivity index is 1.77. The number of aryl methyl sites for hydroxylation is 1. The molecule has 0 aliphatic rings. The molecule has 5 nitrogen and oxygen atoms in total. The van der Waals surface area contributed by atoms with Gasteiger partial charge in [0.05, 0.1) is 23.5 Å². The van der Waals surface area contributed by atoms with Gasteiger partial charge in [-0.3, -0.25) is 14.0 Å². The van der Waals surface area contributed by atoms with Gasteiger partial charge in [0.1, 0.15) is 17.2 Å². The largest absolute Gasteiger partial charge is 0.496 e. The number of nitrogens with zero attached hydrogens (tertiary/aromatic N) is 1. The summed E-state index contributed by atoms with van der Waals surface area (Å²) < 4.78 is 14.2. The SMILES string of the molecule is COc1c(C)ccc2c1c1cccc3c(Oc4ccccc4)c4c(=O)c5ccccc5c5cc(=O)n2c(c31)c45. The third-order valence-corrected chi connectivity index (χ3v) is 7.94. The van der Waals surface area contributed by atoms with E-state index in [0.717, 1.165) is 60.0 Å². The van der Waals surface area contributed by atoms with Crippen LogP contribution >= 0.6 is 0 Å². The lowest BCUT2D eigenvalue weighted by Crippen LogP contribution is -2.17. The van der Waals surface area contributed by atoms with Gasteiger partial charge in [-0.15, -0.1) is 0 Å². The maximum absolute atomic E-state index is 14.3. The maximum atomic E-state index is 14.3. The minimum Gasteiger partial charge on any atom is -0.496 e. The first-order valence-electron chi connectivity index (χ1n) is 12.8. The summed E-state index contributed by atoms with van der Waals surface area (Å²) in [7, 11) is 1.65. The molecule has 0 N–H and O–H groups in total. The number of benzene rings is 6. The van der Waals surface area contributed by atoms with Gasteiger partial charge in [0, 0.05) is 33.0 Å². The molecule has 6 aromatic carbocycles. The molecule has 0 saturated carbocycles. The fourth-order valence-electron chi connectivity index (χ4n) is 6.37. The van der Waals surface area contributed by atoms with Crippen molar-refractivity contribution in [3.05, 3.63) is 117 Å². The van der Waals surface area contributed by atoms with E-state index in [1.165, 1.54) is 0 Å². The van der Waals surface area contributed by atoms with Crippen LogP contribution in [0.2, 0.25) is 0 Å². The second-order valence-corrected chi connectivity index (χ2v) is 9.99. The average Bonchev–Trinajstić information content (AvgIpc) is 2.97. The first kappa shape index (κ1) is 21.9. The van der Waals surface area contributed by atoms with Gasteiger partial charge >= 0.3 is 0 Å². The van der Waals surface area contributed by atoms with Crippen molar-refractivity contribution >= 4 is 59.5 Å². The van der Waals surface area contributed by atoms with Crippen LogP contribution in [-0.2, 0) is 0 Å². The summed E-state index contributed by atoms with van der Waals surface area (Å²) in [5, 5.41) is 6.70. The second-order valence-electron chi connectivity index (χ2n) is 9.99. The lowest BCUT2D eigenvalue weighted by atomic mass is 9.89. The normalized spacial score (nSPS) is 12.1. The van der Waals surface area contributed by atoms with Crippen molar-refractivity contribution in [1.29, 1.82) is 0 Å². The van der Waals surface area contributed by atoms with E-state index in [-0.39, 0.29) is 11.0 Å². The van der Waals surface area contributed by atoms with Gasteiger partial charge in [0.25, 0.3) is 5.56 Å². The van der Waals surface area contributed by atoms with Gasteiger partial charge in [-0.25, -0.2) is 0 Å². The molecule has 0 radical (unpaired) electrons. The third kappa shape index (κ3) is 2.74. The molecular formula is C34H21NO4. The van der Waals surface area contributed by atoms with Gasteiger partial charge in [-0.05, 0) is 46.8 Å². The molecule has 0 atom stereocenters. The number of hydrogen-bond acceptors (Lipinski definition) is 4. The van der Waals surface area contributed by atoms with Crippen LogP contribution in [0.3, 0.4) is 0 Å². The summed E-state index contributed by atoms with van der Waals surface area (Å²) in [5.41, 5.74) is 2.16. The molecule has 2 heterocycles. The molecule has 39 heavy (non-hydrogen) atoms. The highest BCUT2D eigenvalue weighted by atomic mass is 16.5. The summed E-state index contributed by atoms with van der Waals surface area (Å²) in [6, 6.07) is 28.5. The first-order valence-corrected chi connectivity index (χ1v) is 12.8. The number of ether oxygens (including phenoxy) is 2. The smallest absolute Gasteiger partial charge is 0.256 e. The molecule has 0 bridgehead atoms. The van der Waals surface area contributed by atoms with Crippen LogP contribution in [0, 0.1) is 6.92 Å². The second kappa shape index (κ2) is 7.68. The molecule has 0 aliphatic carbocycles. The molecule has 0 aliphatic heterocycles. The van der Waals surface area contributed by atoms with E-state index in [0.29, 0.717) is 22.3 Å². The predicted molar refractivity (Wildman–Crippen MR) is 158 cm³/mol. The van der Waals surface area contributed by atoms with Crippen LogP contribution in [0.15, 0.2) is 101 Å². The first-order chi connectivity index (χ1) is 19.1. The Morgan fingerprint density at radius 2 is 1.33 bits per heavy atom. The molecule has 0 spiro atoms. The van der Waals surface area contributed by atoms with Gasteiger partial charge in [0.2, 0.25) is 0 Å². The van der Waals surface area contributed by atoms with Crippen molar-refractivity contribution in [2.24, 2.45) is 0 Å². The molecule has 5 heteroatoms. The van der Waals surface area contributed by atoms with Crippen molar-refractivity contribution in [2.45, 2.75) is 6.92 Å². The van der Waals surface area contributed by atoms with Crippen LogP contribution < -0.4 is 20.5 Å². The quantitative estimate of drug-likeness (QED) is 0.185. The Kier molecular flexibility index (Phi) is 4.31. The number of para-hydroxylation sites is 1. The summed E-state index contributed by atoms with van der Waals surface area (Å²) in [6.07, 6.45) is 0. The number of methoxy groups -OCH3 is 1. The summed E-state index contributed by atoms with van der Waals surface area (Å²) in [4.78, 5) is 28.2. The Morgan fingerprint density at radius 1 is 0.615 bits per heavy atom. The molecule has 8 aromatic rings. The minimum atomic E-state index is -0.160. The molecule has 0 amide bonds. The topological polar surface area (TPSA) is 57.0 Å². The van der Waals surface area contributed by atoms with E-state index >= 15 is 0 Å². The maximum Gasteiger partial charge on any atom is 0.256 e. The van der Waals surface area contributed by atoms with Crippen LogP contribution in [0.1, 0.15) is 5.56 Å². The number of hydrogen-bond donors (Lipinski definition) is 0. The lowest BCUT2D eigenvalue weighted by Gasteiger charge is -2.22. The van der Waals surface area contributed by atoms with Gasteiger partial charge < -0.3 is 9.47 Å². The Hall–Kier alpha value is -5.16. The van der Waals surface area contributed by atoms with Gasteiger partial charge in [-0.1, -0.05) is 66.7 Å². The Labute approximate surface area is 221 Å². The highest BCUT2D eigenvalue weighted by Crippen LogP contribution is 2.48. The molecule has 8 rings (SSSR count). The van der Waals surface area contributed by atoms with Crippen LogP contribution in [0.4, 0.5) is 0 Å². The monoisotopic (exact) mass is 507 g/mol. The fourth-order valence-corrected chi connectivity index (χ4v) is 6.37. The molecule has 0 saturated heterocycles. The number of rotatable bonds is 3. The van der Waals surface area contributed by atoms with E-state index in [1.54, 1.807) is 17.6 Å². The zero-order valence-electron chi connectivity index (χ0n) is 21.2. The van der Waals surface area contributed by atoms with Crippen LogP contribution in [0.5, 0.6) is 17.2 Å². The zero-order valence-corrected chi connectivity index (χ0v) is 21.2. The van der Waals surface area contributed by atoms with Gasteiger partial charge in [0.15, 0.2) is 5.43 Å². The molecule has 186 valence electrons. The average molecular weight is 508 g/mol. The van der Waals surface area contributed by atoms with Crippen LogP contribution in [0.25, 0.3) is 59.5 Å². The van der Waals surface area contributed by atoms with Crippen molar-refractivity contribution in [3.8, 4) is 17.2 Å². The van der Waals surface area contributed by atoms with E-state index in [9.17, 15) is 9.59 Å². The molecule has 2 aromatic heterocycles. The Bertz CT molecular complexity index is 2390. The molecule has 0 unspecified atom stereocenters. The van der Waals surface area contributed by atoms with Crippen molar-refractivity contribution < 1.29 is 9.47 Å². The van der Waals surface area contributed by atoms with Crippen molar-refractivity contribution in [2.75, 3.05) is 7.11 Å². The number of pyridine rings is 2. The highest BCUT2D eigenvalue weighted by molar-refractivity contribution is 6.35. The van der Waals surface area contributed by atoms with E-state index < -0.39 is 0 Å². The number of aromatic nitrogens is 1. The third-order valence-electron chi connectivity index (χ3n) is 7.94. The predicted octanol–water partition coefficient (Wildman–Crippen LogP) is 7.41. The van der Waals surface area contributed by atoms with E-state index in [2.05, 4.69) is 6.07 Å². The van der Waals surface area contributed by atoms with Crippen molar-refractivity contribution in [1.82, 2.24) is 4.40 Å². The minimum absolute atomic E-state index is 0.117. The van der Waals surface area contributed by atoms with E-state index in [4.69, 9.17) is 9.47 Å². The summed E-state index contributed by atoms with van der Waals surface area (Å²) in [5.74, 6) is 1.84. The van der Waals surface area contributed by atoms with Crippen molar-refractivity contribution in [3.63, 3.8) is 0 Å². The van der Waals surface area contributed by atoms with Crippen LogP contribution in [-0.4, -0.2) is 11.5 Å². The summed E-state index contributed by atoms with van der Waals surface area (Å²) in [6.45, 7) is 2.00. The highest BCUT2D eigenvalue weighted by Gasteiger charge is 2.26. The lowest BCUT2D eigenvalue weighted by molar-refractivity contribution is 0.417. The standard InChI is InChI=1S/C34H21NO4/c1-18-15-16-25-28(33(18)38-2)22-13-8-14-23-27(22)31-29-24(17-26(36)35(25)31)20-11-6-7-12-21(20)32(37)30(29)34(23)39-19-9-4-3-5-10-19/h3-17H,1-2H3. The van der Waals surface area contributed by atoms with E-state index in [1.807, 2.05) is 85.8 Å². The fraction of sp³-hybridized carbons (Fsp3) is 0.0588. The number of fused-ring (bicyclic) bond motifs is 5. The Morgan fingerprint density at radius 3 is 2.13 bits per heavy atom. The molecule has 0 fully saturated rings. The molecular weight excluding hydrogens is 486 g/mol. The zero-order chi connectivity index (χ0) is 26.4.